The van der Waals surface area contributed by atoms with Crippen LogP contribution in [0.4, 0.5) is 0 Å². The van der Waals surface area contributed by atoms with Gasteiger partial charge >= 0.3 is 5.97 Å². The summed E-state index contributed by atoms with van der Waals surface area (Å²) in [5.41, 5.74) is 0.714. The molecular weight excluding hydrogens is 226 g/mol. The summed E-state index contributed by atoms with van der Waals surface area (Å²) in [6.07, 6.45) is 3.42. The van der Waals surface area contributed by atoms with E-state index in [4.69, 9.17) is 5.11 Å². The average molecular weight is 237 g/mol. The molecule has 2 aromatic heterocycles. The van der Waals surface area contributed by atoms with Gasteiger partial charge in [-0.15, -0.1) is 0 Å². The minimum atomic E-state index is -0.884. The lowest BCUT2D eigenvalue weighted by molar-refractivity contribution is -0.138. The monoisotopic (exact) mass is 237 g/mol. The summed E-state index contributed by atoms with van der Waals surface area (Å²) in [5.74, 6) is -0.854. The number of hydrogen-bond acceptors (Lipinski definition) is 4. The van der Waals surface area contributed by atoms with Crippen molar-refractivity contribution in [2.75, 3.05) is 0 Å². The van der Waals surface area contributed by atoms with Crippen LogP contribution < -0.4 is 0 Å². The number of rotatable bonds is 3. The number of carboxylic acid groups (broad SMARTS) is 1. The molecule has 0 atom stereocenters. The highest BCUT2D eigenvalue weighted by Gasteiger charge is 2.29. The molecule has 0 aliphatic rings. The number of aliphatic carboxylic acids is 1. The molecule has 0 aliphatic heterocycles. The molecule has 1 N–H and O–H groups in total. The second-order valence-corrected chi connectivity index (χ2v) is 5.46. The van der Waals surface area contributed by atoms with E-state index >= 15 is 0 Å². The smallest absolute Gasteiger partial charge is 0.319 e. The minimum Gasteiger partial charge on any atom is -0.480 e. The molecule has 0 aliphatic carbocycles. The molecule has 2 aromatic rings. The number of aromatic nitrogens is 3. The Hall–Kier alpha value is -1.56. The fraction of sp³-hybridized carbons (Fsp3) is 0.300. The van der Waals surface area contributed by atoms with E-state index < -0.39 is 10.7 Å². The summed E-state index contributed by atoms with van der Waals surface area (Å²) in [6, 6.07) is 3.53. The fourth-order valence-corrected chi connectivity index (χ4v) is 2.04. The lowest BCUT2D eigenvalue weighted by atomic mass is 10.2. The van der Waals surface area contributed by atoms with E-state index in [0.29, 0.717) is 10.7 Å². The summed E-state index contributed by atoms with van der Waals surface area (Å²) < 4.78 is 0.753. The van der Waals surface area contributed by atoms with Gasteiger partial charge in [-0.1, -0.05) is 11.8 Å². The summed E-state index contributed by atoms with van der Waals surface area (Å²) in [4.78, 5) is 15.3. The van der Waals surface area contributed by atoms with Crippen molar-refractivity contribution in [1.82, 2.24) is 14.6 Å². The van der Waals surface area contributed by atoms with Crippen LogP contribution in [0.5, 0.6) is 0 Å². The van der Waals surface area contributed by atoms with Crippen LogP contribution in [0.2, 0.25) is 0 Å². The Balaban J connectivity index is 2.30. The number of thioether (sulfide) groups is 1. The van der Waals surface area contributed by atoms with Gasteiger partial charge in [0.1, 0.15) is 9.77 Å². The van der Waals surface area contributed by atoms with Crippen molar-refractivity contribution in [2.24, 2.45) is 0 Å². The average Bonchev–Trinajstić information content (AvgIpc) is 2.63. The van der Waals surface area contributed by atoms with Crippen molar-refractivity contribution in [3.8, 4) is 0 Å². The third-order valence-electron chi connectivity index (χ3n) is 2.11. The number of hydrogen-bond donors (Lipinski definition) is 1. The van der Waals surface area contributed by atoms with Gasteiger partial charge in [0.05, 0.1) is 6.20 Å². The minimum absolute atomic E-state index is 0.681. The maximum absolute atomic E-state index is 11.0. The quantitative estimate of drug-likeness (QED) is 0.650. The first kappa shape index (κ1) is 10.9. The van der Waals surface area contributed by atoms with Crippen molar-refractivity contribution in [2.45, 2.75) is 23.6 Å². The van der Waals surface area contributed by atoms with E-state index in [1.807, 2.05) is 0 Å². The predicted octanol–water partition coefficient (Wildman–Crippen LogP) is 1.68. The van der Waals surface area contributed by atoms with Gasteiger partial charge in [0.15, 0.2) is 5.65 Å². The van der Waals surface area contributed by atoms with Gasteiger partial charge in [0.2, 0.25) is 0 Å². The first-order valence-electron chi connectivity index (χ1n) is 4.72. The van der Waals surface area contributed by atoms with E-state index in [1.165, 1.54) is 11.8 Å². The molecule has 2 heterocycles. The van der Waals surface area contributed by atoms with E-state index in [2.05, 4.69) is 10.1 Å². The van der Waals surface area contributed by atoms with Gasteiger partial charge in [-0.3, -0.25) is 4.79 Å². The summed E-state index contributed by atoms with van der Waals surface area (Å²) in [6.45, 7) is 3.31. The maximum atomic E-state index is 11.0. The zero-order valence-corrected chi connectivity index (χ0v) is 9.73. The molecule has 0 saturated heterocycles. The van der Waals surface area contributed by atoms with Gasteiger partial charge in [0, 0.05) is 12.3 Å². The van der Waals surface area contributed by atoms with Crippen LogP contribution in [0.15, 0.2) is 29.6 Å². The van der Waals surface area contributed by atoms with Gasteiger partial charge in [-0.05, 0) is 19.9 Å². The van der Waals surface area contributed by atoms with Crippen molar-refractivity contribution in [1.29, 1.82) is 0 Å². The predicted molar refractivity (Wildman–Crippen MR) is 60.6 cm³/mol. The van der Waals surface area contributed by atoms with Crippen LogP contribution in [-0.2, 0) is 4.79 Å². The molecule has 84 valence electrons. The van der Waals surface area contributed by atoms with Crippen LogP contribution in [0.3, 0.4) is 0 Å². The molecule has 0 amide bonds. The standard InChI is InChI=1S/C10H11N3O2S/c1-10(2,9(14)15)16-8-4-6-13-7(12-8)3-5-11-13/h3-6H,1-2H3,(H,14,15). The molecule has 0 saturated carbocycles. The van der Waals surface area contributed by atoms with Crippen LogP contribution in [-0.4, -0.2) is 30.4 Å². The molecule has 0 spiro atoms. The highest BCUT2D eigenvalue weighted by molar-refractivity contribution is 8.01. The Morgan fingerprint density at radius 3 is 2.94 bits per heavy atom. The van der Waals surface area contributed by atoms with Gasteiger partial charge in [0.25, 0.3) is 0 Å². The molecule has 6 heteroatoms. The first-order chi connectivity index (χ1) is 7.49. The van der Waals surface area contributed by atoms with Crippen molar-refractivity contribution >= 4 is 23.4 Å². The topological polar surface area (TPSA) is 67.5 Å². The van der Waals surface area contributed by atoms with Crippen LogP contribution in [0.25, 0.3) is 5.65 Å². The maximum Gasteiger partial charge on any atom is 0.319 e. The third kappa shape index (κ3) is 2.01. The summed E-state index contributed by atoms with van der Waals surface area (Å²) in [5, 5.41) is 13.7. The Bertz CT molecular complexity index is 536. The molecule has 2 rings (SSSR count). The Morgan fingerprint density at radius 1 is 1.50 bits per heavy atom. The van der Waals surface area contributed by atoms with Gasteiger partial charge in [-0.2, -0.15) is 5.10 Å². The van der Waals surface area contributed by atoms with E-state index in [1.54, 1.807) is 42.9 Å². The second kappa shape index (κ2) is 3.79. The highest BCUT2D eigenvalue weighted by Crippen LogP contribution is 2.31. The van der Waals surface area contributed by atoms with Crippen LogP contribution in [0, 0.1) is 0 Å². The van der Waals surface area contributed by atoms with Crippen molar-refractivity contribution in [3.05, 3.63) is 24.5 Å². The molecule has 0 aromatic carbocycles. The van der Waals surface area contributed by atoms with Gasteiger partial charge in [-0.25, -0.2) is 9.50 Å². The molecule has 0 unspecified atom stereocenters. The first-order valence-corrected chi connectivity index (χ1v) is 5.53. The second-order valence-electron chi connectivity index (χ2n) is 3.82. The zero-order chi connectivity index (χ0) is 11.8. The normalized spacial score (nSPS) is 11.9. The molecule has 5 nitrogen and oxygen atoms in total. The number of carboxylic acids is 1. The lowest BCUT2D eigenvalue weighted by Crippen LogP contribution is -2.27. The number of carbonyl (C=O) groups is 1. The molecule has 0 radical (unpaired) electrons. The lowest BCUT2D eigenvalue weighted by Gasteiger charge is -2.17. The van der Waals surface area contributed by atoms with E-state index in [-0.39, 0.29) is 0 Å². The zero-order valence-electron chi connectivity index (χ0n) is 8.91. The Morgan fingerprint density at radius 2 is 2.25 bits per heavy atom. The summed E-state index contributed by atoms with van der Waals surface area (Å²) >= 11 is 1.22. The van der Waals surface area contributed by atoms with Gasteiger partial charge < -0.3 is 5.11 Å². The van der Waals surface area contributed by atoms with Crippen molar-refractivity contribution < 1.29 is 9.90 Å². The Labute approximate surface area is 96.5 Å². The number of nitrogens with zero attached hydrogens (tertiary/aromatic N) is 3. The third-order valence-corrected chi connectivity index (χ3v) is 3.23. The van der Waals surface area contributed by atoms with E-state index in [0.717, 1.165) is 0 Å². The van der Waals surface area contributed by atoms with Crippen molar-refractivity contribution in [3.63, 3.8) is 0 Å². The van der Waals surface area contributed by atoms with E-state index in [9.17, 15) is 4.79 Å². The van der Waals surface area contributed by atoms with Crippen LogP contribution >= 0.6 is 11.8 Å². The molecule has 0 bridgehead atoms. The number of fused-ring (bicyclic) bond motifs is 1. The molecular formula is C10H11N3O2S. The summed E-state index contributed by atoms with van der Waals surface area (Å²) in [7, 11) is 0. The highest BCUT2D eigenvalue weighted by atomic mass is 32.2. The SMILES string of the molecule is CC(C)(Sc1ccn2nccc2n1)C(=O)O. The fourth-order valence-electron chi connectivity index (χ4n) is 1.16. The molecule has 0 fully saturated rings. The molecule has 16 heavy (non-hydrogen) atoms. The Kier molecular flexibility index (Phi) is 2.59. The largest absolute Gasteiger partial charge is 0.480 e. The van der Waals surface area contributed by atoms with Crippen LogP contribution in [0.1, 0.15) is 13.8 Å².